The molecule has 3 amide bonds. The van der Waals surface area contributed by atoms with E-state index >= 15 is 0 Å². The monoisotopic (exact) mass is 356 g/mol. The number of rotatable bonds is 5. The van der Waals surface area contributed by atoms with E-state index in [1.807, 2.05) is 31.2 Å². The fourth-order valence-electron chi connectivity index (χ4n) is 2.53. The molecule has 0 atom stereocenters. The van der Waals surface area contributed by atoms with Crippen molar-refractivity contribution in [3.05, 3.63) is 70.4 Å². The van der Waals surface area contributed by atoms with E-state index in [4.69, 9.17) is 16.3 Å². The Kier molecular flexibility index (Phi) is 5.05. The molecule has 5 nitrogen and oxygen atoms in total. The van der Waals surface area contributed by atoms with Gasteiger partial charge < -0.3 is 10.1 Å². The van der Waals surface area contributed by atoms with Gasteiger partial charge in [0.2, 0.25) is 0 Å². The second kappa shape index (κ2) is 7.40. The molecule has 0 radical (unpaired) electrons. The largest absolute Gasteiger partial charge is 0.493 e. The second-order valence-electron chi connectivity index (χ2n) is 5.48. The highest BCUT2D eigenvalue weighted by molar-refractivity contribution is 6.30. The van der Waals surface area contributed by atoms with Crippen molar-refractivity contribution in [2.75, 3.05) is 6.61 Å². The maximum Gasteiger partial charge on any atom is 0.329 e. The Balaban J connectivity index is 1.82. The molecule has 6 heteroatoms. The van der Waals surface area contributed by atoms with Crippen LogP contribution in [-0.4, -0.2) is 23.4 Å². The molecule has 25 heavy (non-hydrogen) atoms. The first-order valence-corrected chi connectivity index (χ1v) is 8.27. The van der Waals surface area contributed by atoms with Crippen molar-refractivity contribution in [3.63, 3.8) is 0 Å². The molecule has 0 aliphatic carbocycles. The minimum absolute atomic E-state index is 0.187. The van der Waals surface area contributed by atoms with Crippen molar-refractivity contribution in [3.8, 4) is 5.75 Å². The second-order valence-corrected chi connectivity index (χ2v) is 5.91. The maximum absolute atomic E-state index is 12.6. The topological polar surface area (TPSA) is 58.6 Å². The first-order valence-electron chi connectivity index (χ1n) is 7.89. The molecule has 1 N–H and O–H groups in total. The van der Waals surface area contributed by atoms with Crippen LogP contribution in [0.5, 0.6) is 5.75 Å². The van der Waals surface area contributed by atoms with Crippen LogP contribution in [0.4, 0.5) is 4.79 Å². The SMILES string of the molecule is CCOc1ccccc1/C=C1\NC(=O)N(Cc2ccc(Cl)cc2)C1=O. The molecule has 0 spiro atoms. The predicted molar refractivity (Wildman–Crippen MR) is 96.1 cm³/mol. The Labute approximate surface area is 150 Å². The summed E-state index contributed by atoms with van der Waals surface area (Å²) in [5.74, 6) is 0.293. The highest BCUT2D eigenvalue weighted by Crippen LogP contribution is 2.23. The van der Waals surface area contributed by atoms with Gasteiger partial charge in [0.15, 0.2) is 0 Å². The summed E-state index contributed by atoms with van der Waals surface area (Å²) in [5.41, 5.74) is 1.79. The molecule has 128 valence electrons. The molecule has 1 aliphatic rings. The standard InChI is InChI=1S/C19H17ClN2O3/c1-2-25-17-6-4-3-5-14(17)11-16-18(23)22(19(24)21-16)12-13-7-9-15(20)10-8-13/h3-11H,2,12H2,1H3,(H,21,24)/b16-11-. The number of carbonyl (C=O) groups is 2. The molecule has 1 heterocycles. The number of imide groups is 1. The van der Waals surface area contributed by atoms with E-state index in [2.05, 4.69) is 5.32 Å². The Hall–Kier alpha value is -2.79. The molecule has 2 aromatic carbocycles. The van der Waals surface area contributed by atoms with Gasteiger partial charge in [0.1, 0.15) is 11.4 Å². The highest BCUT2D eigenvalue weighted by atomic mass is 35.5. The van der Waals surface area contributed by atoms with Crippen molar-refractivity contribution in [2.24, 2.45) is 0 Å². The molecular formula is C19H17ClN2O3. The van der Waals surface area contributed by atoms with Crippen molar-refractivity contribution < 1.29 is 14.3 Å². The van der Waals surface area contributed by atoms with E-state index < -0.39 is 6.03 Å². The smallest absolute Gasteiger partial charge is 0.329 e. The highest BCUT2D eigenvalue weighted by Gasteiger charge is 2.33. The molecule has 0 bridgehead atoms. The van der Waals surface area contributed by atoms with Gasteiger partial charge in [0.25, 0.3) is 5.91 Å². The first-order chi connectivity index (χ1) is 12.1. The molecule has 0 saturated carbocycles. The van der Waals surface area contributed by atoms with Gasteiger partial charge in [0.05, 0.1) is 13.2 Å². The fourth-order valence-corrected chi connectivity index (χ4v) is 2.66. The Morgan fingerprint density at radius 1 is 1.12 bits per heavy atom. The summed E-state index contributed by atoms with van der Waals surface area (Å²) in [4.78, 5) is 25.9. The number of urea groups is 1. The zero-order valence-corrected chi connectivity index (χ0v) is 14.4. The lowest BCUT2D eigenvalue weighted by Crippen LogP contribution is -2.30. The number of nitrogens with one attached hydrogen (secondary N) is 1. The molecule has 1 aliphatic heterocycles. The third-order valence-electron chi connectivity index (χ3n) is 3.73. The van der Waals surface area contributed by atoms with Crippen LogP contribution in [0.15, 0.2) is 54.2 Å². The predicted octanol–water partition coefficient (Wildman–Crippen LogP) is 3.83. The van der Waals surface area contributed by atoms with Crippen LogP contribution in [0, 0.1) is 0 Å². The number of benzene rings is 2. The van der Waals surface area contributed by atoms with E-state index in [9.17, 15) is 9.59 Å². The molecule has 1 fully saturated rings. The number of para-hydroxylation sites is 1. The van der Waals surface area contributed by atoms with E-state index in [-0.39, 0.29) is 18.1 Å². The van der Waals surface area contributed by atoms with Crippen molar-refractivity contribution in [1.82, 2.24) is 10.2 Å². The van der Waals surface area contributed by atoms with E-state index in [0.717, 1.165) is 11.1 Å². The van der Waals surface area contributed by atoms with Crippen LogP contribution in [0.1, 0.15) is 18.1 Å². The summed E-state index contributed by atoms with van der Waals surface area (Å²) in [7, 11) is 0. The number of nitrogens with zero attached hydrogens (tertiary/aromatic N) is 1. The Morgan fingerprint density at radius 2 is 1.84 bits per heavy atom. The van der Waals surface area contributed by atoms with Gasteiger partial charge in [-0.1, -0.05) is 41.9 Å². The normalized spacial score (nSPS) is 15.6. The lowest BCUT2D eigenvalue weighted by atomic mass is 10.1. The average molecular weight is 357 g/mol. The number of hydrogen-bond donors (Lipinski definition) is 1. The number of amides is 3. The van der Waals surface area contributed by atoms with Gasteiger partial charge in [0, 0.05) is 10.6 Å². The van der Waals surface area contributed by atoms with E-state index in [1.54, 1.807) is 30.3 Å². The minimum Gasteiger partial charge on any atom is -0.493 e. The number of carbonyl (C=O) groups excluding carboxylic acids is 2. The van der Waals surface area contributed by atoms with Crippen LogP contribution in [0.3, 0.4) is 0 Å². The van der Waals surface area contributed by atoms with E-state index in [0.29, 0.717) is 17.4 Å². The molecule has 0 aromatic heterocycles. The quantitative estimate of drug-likeness (QED) is 0.654. The Bertz CT molecular complexity index is 831. The molecule has 3 rings (SSSR count). The molecule has 2 aromatic rings. The zero-order chi connectivity index (χ0) is 17.8. The number of ether oxygens (including phenoxy) is 1. The minimum atomic E-state index is -0.444. The zero-order valence-electron chi connectivity index (χ0n) is 13.7. The third-order valence-corrected chi connectivity index (χ3v) is 3.99. The van der Waals surface area contributed by atoms with Gasteiger partial charge in [-0.25, -0.2) is 4.79 Å². The van der Waals surface area contributed by atoms with E-state index in [1.165, 1.54) is 4.90 Å². The molecule has 1 saturated heterocycles. The van der Waals surface area contributed by atoms with Crippen LogP contribution >= 0.6 is 11.6 Å². The summed E-state index contributed by atoms with van der Waals surface area (Å²) < 4.78 is 5.55. The van der Waals surface area contributed by atoms with Gasteiger partial charge >= 0.3 is 6.03 Å². The Morgan fingerprint density at radius 3 is 2.56 bits per heavy atom. The van der Waals surface area contributed by atoms with Crippen LogP contribution < -0.4 is 10.1 Å². The lowest BCUT2D eigenvalue weighted by molar-refractivity contribution is -0.123. The summed E-state index contributed by atoms with van der Waals surface area (Å²) in [5, 5.41) is 3.23. The van der Waals surface area contributed by atoms with Gasteiger partial charge in [-0.2, -0.15) is 0 Å². The summed E-state index contributed by atoms with van der Waals surface area (Å²) in [6.45, 7) is 2.59. The van der Waals surface area contributed by atoms with Crippen molar-refractivity contribution >= 4 is 29.6 Å². The molecular weight excluding hydrogens is 340 g/mol. The third kappa shape index (κ3) is 3.83. The van der Waals surface area contributed by atoms with Gasteiger partial charge in [-0.15, -0.1) is 0 Å². The lowest BCUT2D eigenvalue weighted by Gasteiger charge is -2.11. The van der Waals surface area contributed by atoms with Gasteiger partial charge in [-0.05, 0) is 36.8 Å². The maximum atomic E-state index is 12.6. The molecule has 0 unspecified atom stereocenters. The van der Waals surface area contributed by atoms with Crippen molar-refractivity contribution in [2.45, 2.75) is 13.5 Å². The van der Waals surface area contributed by atoms with Crippen LogP contribution in [-0.2, 0) is 11.3 Å². The number of hydrogen-bond acceptors (Lipinski definition) is 3. The fraction of sp³-hybridized carbons (Fsp3) is 0.158. The summed E-state index contributed by atoms with van der Waals surface area (Å²) in [6, 6.07) is 13.9. The number of halogens is 1. The van der Waals surface area contributed by atoms with Crippen LogP contribution in [0.25, 0.3) is 6.08 Å². The average Bonchev–Trinajstić information content (AvgIpc) is 2.86. The summed E-state index contributed by atoms with van der Waals surface area (Å²) in [6.07, 6.45) is 1.63. The van der Waals surface area contributed by atoms with Gasteiger partial charge in [-0.3, -0.25) is 9.69 Å². The van der Waals surface area contributed by atoms with Crippen LogP contribution in [0.2, 0.25) is 5.02 Å². The first kappa shape index (κ1) is 17.0. The summed E-state index contributed by atoms with van der Waals surface area (Å²) >= 11 is 5.86. The van der Waals surface area contributed by atoms with Crippen molar-refractivity contribution in [1.29, 1.82) is 0 Å².